The normalized spacial score (nSPS) is 9.09. The standard InChI is InChI=1S/C7H6N2O2/c10-7(9-11)5-6-3-1-2-4-8-6/h1-4H,5H2. The van der Waals surface area contributed by atoms with Gasteiger partial charge in [0.2, 0.25) is 0 Å². The molecular formula is C7H6N2O2. The molecule has 0 radical (unpaired) electrons. The lowest BCUT2D eigenvalue weighted by molar-refractivity contribution is -0.117. The van der Waals surface area contributed by atoms with Crippen molar-refractivity contribution in [3.8, 4) is 0 Å². The average Bonchev–Trinajstić information content (AvgIpc) is 2.06. The number of rotatable bonds is 2. The molecule has 1 rings (SSSR count). The van der Waals surface area contributed by atoms with Crippen LogP contribution in [0.1, 0.15) is 5.69 Å². The molecule has 0 spiro atoms. The Morgan fingerprint density at radius 3 is 2.91 bits per heavy atom. The van der Waals surface area contributed by atoms with E-state index in [2.05, 4.69) is 10.2 Å². The van der Waals surface area contributed by atoms with Gasteiger partial charge >= 0.3 is 0 Å². The third-order valence-electron chi connectivity index (χ3n) is 1.16. The summed E-state index contributed by atoms with van der Waals surface area (Å²) in [5.74, 6) is -0.691. The van der Waals surface area contributed by atoms with E-state index in [9.17, 15) is 9.70 Å². The van der Waals surface area contributed by atoms with Gasteiger partial charge in [0.1, 0.15) is 0 Å². The van der Waals surface area contributed by atoms with Gasteiger partial charge in [-0.2, -0.15) is 0 Å². The first kappa shape index (κ1) is 7.53. The number of hydrogen-bond acceptors (Lipinski definition) is 3. The molecule has 1 aromatic heterocycles. The molecule has 0 saturated carbocycles. The first-order chi connectivity index (χ1) is 5.33. The fourth-order valence-corrected chi connectivity index (χ4v) is 0.690. The van der Waals surface area contributed by atoms with Crippen LogP contribution in [0.25, 0.3) is 0 Å². The first-order valence-electron chi connectivity index (χ1n) is 3.09. The highest BCUT2D eigenvalue weighted by atomic mass is 16.3. The van der Waals surface area contributed by atoms with Gasteiger partial charge < -0.3 is 0 Å². The molecule has 0 N–H and O–H groups in total. The van der Waals surface area contributed by atoms with Gasteiger partial charge in [-0.05, 0) is 12.1 Å². The number of nitroso groups, excluding NO2 is 1. The van der Waals surface area contributed by atoms with E-state index in [1.807, 2.05) is 0 Å². The highest BCUT2D eigenvalue weighted by Gasteiger charge is 2.01. The topological polar surface area (TPSA) is 59.4 Å². The first-order valence-corrected chi connectivity index (χ1v) is 3.09. The number of hydrogen-bond donors (Lipinski definition) is 0. The van der Waals surface area contributed by atoms with E-state index in [1.165, 1.54) is 0 Å². The van der Waals surface area contributed by atoms with Crippen molar-refractivity contribution in [2.45, 2.75) is 6.42 Å². The Hall–Kier alpha value is -1.58. The van der Waals surface area contributed by atoms with E-state index in [1.54, 1.807) is 24.4 Å². The van der Waals surface area contributed by atoms with Crippen LogP contribution in [0.4, 0.5) is 0 Å². The Morgan fingerprint density at radius 1 is 1.55 bits per heavy atom. The zero-order valence-corrected chi connectivity index (χ0v) is 5.73. The summed E-state index contributed by atoms with van der Waals surface area (Å²) in [6.07, 6.45) is 1.55. The summed E-state index contributed by atoms with van der Waals surface area (Å²) >= 11 is 0. The number of carbonyl (C=O) groups excluding carboxylic acids is 1. The van der Waals surface area contributed by atoms with Gasteiger partial charge in [-0.25, -0.2) is 0 Å². The Labute approximate surface area is 63.2 Å². The maximum atomic E-state index is 10.5. The van der Waals surface area contributed by atoms with Gasteiger partial charge in [-0.3, -0.25) is 9.78 Å². The molecule has 56 valence electrons. The second-order valence-corrected chi connectivity index (χ2v) is 1.98. The van der Waals surface area contributed by atoms with Crippen LogP contribution in [0.3, 0.4) is 0 Å². The van der Waals surface area contributed by atoms with Crippen LogP contribution in [-0.4, -0.2) is 10.9 Å². The van der Waals surface area contributed by atoms with E-state index in [4.69, 9.17) is 0 Å². The third kappa shape index (κ3) is 2.25. The molecule has 0 aliphatic rings. The van der Waals surface area contributed by atoms with E-state index in [-0.39, 0.29) is 6.42 Å². The van der Waals surface area contributed by atoms with Crippen LogP contribution in [0.2, 0.25) is 0 Å². The van der Waals surface area contributed by atoms with Crippen molar-refractivity contribution in [1.82, 2.24) is 4.98 Å². The third-order valence-corrected chi connectivity index (χ3v) is 1.16. The van der Waals surface area contributed by atoms with Gasteiger partial charge in [0.05, 0.1) is 6.42 Å². The molecule has 0 saturated heterocycles. The number of carbonyl (C=O) groups is 1. The predicted molar refractivity (Wildman–Crippen MR) is 38.7 cm³/mol. The number of aromatic nitrogens is 1. The Bertz CT molecular complexity index is 258. The lowest BCUT2D eigenvalue weighted by Gasteiger charge is -1.91. The molecule has 0 aromatic carbocycles. The molecule has 11 heavy (non-hydrogen) atoms. The van der Waals surface area contributed by atoms with Crippen LogP contribution >= 0.6 is 0 Å². The maximum absolute atomic E-state index is 10.5. The Balaban J connectivity index is 2.65. The SMILES string of the molecule is O=NC(=O)Cc1ccccn1. The molecule has 0 bridgehead atoms. The van der Waals surface area contributed by atoms with Crippen LogP contribution in [0.15, 0.2) is 29.6 Å². The summed E-state index contributed by atoms with van der Waals surface area (Å²) in [4.78, 5) is 24.0. The molecule has 0 unspecified atom stereocenters. The summed E-state index contributed by atoms with van der Waals surface area (Å²) in [5.41, 5.74) is 0.567. The number of pyridine rings is 1. The molecule has 0 fully saturated rings. The molecule has 1 aromatic rings. The summed E-state index contributed by atoms with van der Waals surface area (Å²) in [6.45, 7) is 0. The van der Waals surface area contributed by atoms with Crippen molar-refractivity contribution in [1.29, 1.82) is 0 Å². The van der Waals surface area contributed by atoms with Crippen molar-refractivity contribution in [2.75, 3.05) is 0 Å². The van der Waals surface area contributed by atoms with Crippen LogP contribution < -0.4 is 0 Å². The lowest BCUT2D eigenvalue weighted by atomic mass is 10.3. The molecule has 0 atom stereocenters. The predicted octanol–water partition coefficient (Wildman–Crippen LogP) is 0.917. The quantitative estimate of drug-likeness (QED) is 0.589. The maximum Gasteiger partial charge on any atom is 0.292 e. The Morgan fingerprint density at radius 2 is 2.36 bits per heavy atom. The summed E-state index contributed by atoms with van der Waals surface area (Å²) in [7, 11) is 0. The fourth-order valence-electron chi connectivity index (χ4n) is 0.690. The second kappa shape index (κ2) is 3.55. The van der Waals surface area contributed by atoms with Crippen molar-refractivity contribution < 1.29 is 4.79 Å². The molecule has 1 amide bonds. The zero-order chi connectivity index (χ0) is 8.10. The van der Waals surface area contributed by atoms with Crippen LogP contribution in [-0.2, 0) is 11.2 Å². The molecule has 4 heteroatoms. The summed E-state index contributed by atoms with van der Waals surface area (Å²) < 4.78 is 0. The smallest absolute Gasteiger partial charge is 0.269 e. The van der Waals surface area contributed by atoms with Gasteiger partial charge in [-0.15, -0.1) is 4.91 Å². The molecule has 0 aliphatic heterocycles. The van der Waals surface area contributed by atoms with Crippen molar-refractivity contribution in [3.05, 3.63) is 35.0 Å². The largest absolute Gasteiger partial charge is 0.292 e. The summed E-state index contributed by atoms with van der Waals surface area (Å²) in [5, 5.41) is 2.25. The summed E-state index contributed by atoms with van der Waals surface area (Å²) in [6, 6.07) is 5.16. The minimum atomic E-state index is -0.691. The highest BCUT2D eigenvalue weighted by molar-refractivity contribution is 5.78. The van der Waals surface area contributed by atoms with Gasteiger partial charge in [-0.1, -0.05) is 6.07 Å². The van der Waals surface area contributed by atoms with Crippen molar-refractivity contribution in [3.63, 3.8) is 0 Å². The zero-order valence-electron chi connectivity index (χ0n) is 5.73. The average molecular weight is 150 g/mol. The van der Waals surface area contributed by atoms with Crippen LogP contribution in [0.5, 0.6) is 0 Å². The Kier molecular flexibility index (Phi) is 2.43. The van der Waals surface area contributed by atoms with Gasteiger partial charge in [0.15, 0.2) is 0 Å². The second-order valence-electron chi connectivity index (χ2n) is 1.98. The minimum Gasteiger partial charge on any atom is -0.269 e. The van der Waals surface area contributed by atoms with Gasteiger partial charge in [0.25, 0.3) is 5.91 Å². The van der Waals surface area contributed by atoms with Crippen molar-refractivity contribution >= 4 is 5.91 Å². The van der Waals surface area contributed by atoms with E-state index in [0.717, 1.165) is 0 Å². The number of amides is 1. The highest BCUT2D eigenvalue weighted by Crippen LogP contribution is 1.95. The molecule has 1 heterocycles. The van der Waals surface area contributed by atoms with Crippen molar-refractivity contribution in [2.24, 2.45) is 5.18 Å². The molecular weight excluding hydrogens is 144 g/mol. The number of nitrogens with zero attached hydrogens (tertiary/aromatic N) is 2. The van der Waals surface area contributed by atoms with E-state index >= 15 is 0 Å². The van der Waals surface area contributed by atoms with Crippen LogP contribution in [0, 0.1) is 4.91 Å². The minimum absolute atomic E-state index is 0.00958. The fraction of sp³-hybridized carbons (Fsp3) is 0.143. The lowest BCUT2D eigenvalue weighted by Crippen LogP contribution is -1.98. The van der Waals surface area contributed by atoms with E-state index < -0.39 is 5.91 Å². The molecule has 0 aliphatic carbocycles. The monoisotopic (exact) mass is 150 g/mol. The van der Waals surface area contributed by atoms with Gasteiger partial charge in [0, 0.05) is 17.1 Å². The molecule has 4 nitrogen and oxygen atoms in total. The van der Waals surface area contributed by atoms with E-state index in [0.29, 0.717) is 5.69 Å².